The van der Waals surface area contributed by atoms with Crippen molar-refractivity contribution >= 4 is 38.8 Å². The lowest BCUT2D eigenvalue weighted by atomic mass is 10.1. The van der Waals surface area contributed by atoms with Gasteiger partial charge in [-0.05, 0) is 48.9 Å². The number of carbonyl (C=O) groups is 1. The molecule has 1 aromatic carbocycles. The minimum absolute atomic E-state index is 0.000564. The van der Waals surface area contributed by atoms with Crippen LogP contribution < -0.4 is 10.6 Å². The Bertz CT molecular complexity index is 992. The molecule has 2 aromatic heterocycles. The number of anilines is 2. The zero-order chi connectivity index (χ0) is 16.3. The third-order valence-electron chi connectivity index (χ3n) is 5.08. The van der Waals surface area contributed by atoms with Gasteiger partial charge in [-0.2, -0.15) is 0 Å². The first-order valence-corrected chi connectivity index (χ1v) is 9.14. The molecule has 5 heteroatoms. The van der Waals surface area contributed by atoms with Crippen molar-refractivity contribution in [2.24, 2.45) is 0 Å². The van der Waals surface area contributed by atoms with E-state index in [9.17, 15) is 4.79 Å². The summed E-state index contributed by atoms with van der Waals surface area (Å²) in [5.41, 5.74) is 11.6. The van der Waals surface area contributed by atoms with Crippen LogP contribution in [0, 0.1) is 0 Å². The molecule has 0 radical (unpaired) electrons. The molecule has 4 nitrogen and oxygen atoms in total. The quantitative estimate of drug-likeness (QED) is 0.739. The van der Waals surface area contributed by atoms with E-state index in [1.54, 1.807) is 0 Å². The summed E-state index contributed by atoms with van der Waals surface area (Å²) in [7, 11) is 0. The van der Waals surface area contributed by atoms with Crippen molar-refractivity contribution in [2.45, 2.75) is 25.7 Å². The van der Waals surface area contributed by atoms with Crippen molar-refractivity contribution in [1.29, 1.82) is 0 Å². The fourth-order valence-corrected chi connectivity index (χ4v) is 4.87. The van der Waals surface area contributed by atoms with E-state index in [0.29, 0.717) is 10.6 Å². The zero-order valence-corrected chi connectivity index (χ0v) is 14.0. The Labute approximate surface area is 143 Å². The third-order valence-corrected chi connectivity index (χ3v) is 6.18. The normalized spacial score (nSPS) is 15.8. The first-order valence-electron chi connectivity index (χ1n) is 8.33. The van der Waals surface area contributed by atoms with E-state index in [1.165, 1.54) is 28.2 Å². The number of aromatic nitrogens is 1. The third kappa shape index (κ3) is 1.91. The Balaban J connectivity index is 1.60. The SMILES string of the molecule is Nc1c(C(=O)N2CCc3ccccc32)sc2nc3c(cc12)CCC3. The maximum absolute atomic E-state index is 13.1. The van der Waals surface area contributed by atoms with Crippen LogP contribution in [0.15, 0.2) is 30.3 Å². The number of amides is 1. The molecule has 3 aromatic rings. The van der Waals surface area contributed by atoms with E-state index in [2.05, 4.69) is 12.1 Å². The van der Waals surface area contributed by atoms with Crippen LogP contribution in [-0.4, -0.2) is 17.4 Å². The number of aryl methyl sites for hydroxylation is 2. The van der Waals surface area contributed by atoms with Gasteiger partial charge in [0.15, 0.2) is 0 Å². The highest BCUT2D eigenvalue weighted by atomic mass is 32.1. The van der Waals surface area contributed by atoms with Crippen LogP contribution in [0.4, 0.5) is 11.4 Å². The lowest BCUT2D eigenvalue weighted by Crippen LogP contribution is -2.28. The average Bonchev–Trinajstić information content (AvgIpc) is 3.30. The van der Waals surface area contributed by atoms with Crippen molar-refractivity contribution < 1.29 is 4.79 Å². The minimum atomic E-state index is 0.000564. The van der Waals surface area contributed by atoms with E-state index in [4.69, 9.17) is 10.7 Å². The number of thiophene rings is 1. The molecule has 0 saturated carbocycles. The summed E-state index contributed by atoms with van der Waals surface area (Å²) >= 11 is 1.43. The van der Waals surface area contributed by atoms with Crippen molar-refractivity contribution in [3.05, 3.63) is 52.0 Å². The summed E-state index contributed by atoms with van der Waals surface area (Å²) in [5.74, 6) is 0.000564. The number of fused-ring (bicyclic) bond motifs is 3. The van der Waals surface area contributed by atoms with Gasteiger partial charge in [-0.1, -0.05) is 18.2 Å². The number of carbonyl (C=O) groups excluding carboxylic acids is 1. The second kappa shape index (κ2) is 5.05. The topological polar surface area (TPSA) is 59.2 Å². The zero-order valence-electron chi connectivity index (χ0n) is 13.2. The molecule has 3 heterocycles. The smallest absolute Gasteiger partial charge is 0.270 e. The van der Waals surface area contributed by atoms with Crippen LogP contribution in [0.3, 0.4) is 0 Å². The molecule has 0 atom stereocenters. The van der Waals surface area contributed by atoms with E-state index >= 15 is 0 Å². The molecule has 0 unspecified atom stereocenters. The minimum Gasteiger partial charge on any atom is -0.397 e. The van der Waals surface area contributed by atoms with Crippen LogP contribution in [0.5, 0.6) is 0 Å². The van der Waals surface area contributed by atoms with Crippen molar-refractivity contribution in [2.75, 3.05) is 17.2 Å². The molecule has 120 valence electrons. The van der Waals surface area contributed by atoms with Gasteiger partial charge in [0.1, 0.15) is 9.71 Å². The fourth-order valence-electron chi connectivity index (χ4n) is 3.83. The van der Waals surface area contributed by atoms with E-state index in [1.807, 2.05) is 23.1 Å². The van der Waals surface area contributed by atoms with E-state index in [0.717, 1.165) is 48.1 Å². The maximum atomic E-state index is 13.1. The number of nitrogen functional groups attached to an aromatic ring is 1. The highest BCUT2D eigenvalue weighted by Gasteiger charge is 2.29. The monoisotopic (exact) mass is 335 g/mol. The fraction of sp³-hybridized carbons (Fsp3) is 0.263. The van der Waals surface area contributed by atoms with Gasteiger partial charge in [0, 0.05) is 23.3 Å². The molecule has 24 heavy (non-hydrogen) atoms. The summed E-state index contributed by atoms with van der Waals surface area (Å²) in [6.45, 7) is 0.718. The molecule has 0 spiro atoms. The molecule has 1 aliphatic carbocycles. The molecule has 0 bridgehead atoms. The molecular weight excluding hydrogens is 318 g/mol. The predicted molar refractivity (Wildman–Crippen MR) is 97.9 cm³/mol. The number of hydrogen-bond donors (Lipinski definition) is 1. The Morgan fingerprint density at radius 2 is 2.04 bits per heavy atom. The molecule has 2 N–H and O–H groups in total. The molecule has 1 amide bonds. The van der Waals surface area contributed by atoms with Gasteiger partial charge in [0.05, 0.1) is 5.69 Å². The predicted octanol–water partition coefficient (Wildman–Crippen LogP) is 3.57. The highest BCUT2D eigenvalue weighted by molar-refractivity contribution is 7.21. The van der Waals surface area contributed by atoms with Crippen LogP contribution in [-0.2, 0) is 19.3 Å². The molecule has 0 saturated heterocycles. The number of hydrogen-bond acceptors (Lipinski definition) is 4. The highest BCUT2D eigenvalue weighted by Crippen LogP contribution is 2.38. The van der Waals surface area contributed by atoms with Gasteiger partial charge in [-0.15, -0.1) is 11.3 Å². The summed E-state index contributed by atoms with van der Waals surface area (Å²) in [4.78, 5) is 21.2. The van der Waals surface area contributed by atoms with Gasteiger partial charge in [-0.25, -0.2) is 4.98 Å². The van der Waals surface area contributed by atoms with Crippen molar-refractivity contribution in [1.82, 2.24) is 4.98 Å². The Morgan fingerprint density at radius 3 is 2.96 bits per heavy atom. The van der Waals surface area contributed by atoms with E-state index in [-0.39, 0.29) is 5.91 Å². The van der Waals surface area contributed by atoms with Gasteiger partial charge in [-0.3, -0.25) is 4.79 Å². The van der Waals surface area contributed by atoms with E-state index < -0.39 is 0 Å². The summed E-state index contributed by atoms with van der Waals surface area (Å²) in [6, 6.07) is 10.2. The number of rotatable bonds is 1. The van der Waals surface area contributed by atoms with Gasteiger partial charge in [0.2, 0.25) is 0 Å². The number of benzene rings is 1. The standard InChI is InChI=1S/C19H17N3OS/c20-16-13-10-12-5-3-6-14(12)21-18(13)24-17(16)19(23)22-9-8-11-4-1-2-7-15(11)22/h1-2,4,7,10H,3,5-6,8-9,20H2. The molecule has 2 aliphatic rings. The Hall–Kier alpha value is -2.40. The summed E-state index contributed by atoms with van der Waals surface area (Å²) in [6.07, 6.45) is 4.16. The van der Waals surface area contributed by atoms with Crippen LogP contribution >= 0.6 is 11.3 Å². The first kappa shape index (κ1) is 14.0. The Morgan fingerprint density at radius 1 is 1.17 bits per heavy atom. The number of nitrogens with zero attached hydrogens (tertiary/aromatic N) is 2. The first-order chi connectivity index (χ1) is 11.7. The lowest BCUT2D eigenvalue weighted by molar-refractivity contribution is 0.0994. The molecule has 1 aliphatic heterocycles. The van der Waals surface area contributed by atoms with Crippen LogP contribution in [0.25, 0.3) is 10.2 Å². The Kier molecular flexibility index (Phi) is 2.94. The number of para-hydroxylation sites is 1. The van der Waals surface area contributed by atoms with Crippen molar-refractivity contribution in [3.8, 4) is 0 Å². The molecule has 5 rings (SSSR count). The van der Waals surface area contributed by atoms with Gasteiger partial charge < -0.3 is 10.6 Å². The lowest BCUT2D eigenvalue weighted by Gasteiger charge is -2.16. The van der Waals surface area contributed by atoms with Gasteiger partial charge >= 0.3 is 0 Å². The molecule has 0 fully saturated rings. The second-order valence-corrected chi connectivity index (χ2v) is 7.48. The average molecular weight is 335 g/mol. The summed E-state index contributed by atoms with van der Waals surface area (Å²) < 4.78 is 0. The number of pyridine rings is 1. The molecular formula is C19H17N3OS. The number of nitrogens with two attached hydrogens (primary N) is 1. The largest absolute Gasteiger partial charge is 0.397 e. The van der Waals surface area contributed by atoms with Crippen LogP contribution in [0.1, 0.15) is 32.9 Å². The van der Waals surface area contributed by atoms with Crippen LogP contribution in [0.2, 0.25) is 0 Å². The summed E-state index contributed by atoms with van der Waals surface area (Å²) in [5, 5.41) is 0.941. The maximum Gasteiger partial charge on any atom is 0.270 e. The van der Waals surface area contributed by atoms with Gasteiger partial charge in [0.25, 0.3) is 5.91 Å². The van der Waals surface area contributed by atoms with Crippen molar-refractivity contribution in [3.63, 3.8) is 0 Å². The second-order valence-electron chi connectivity index (χ2n) is 6.48.